The number of benzene rings is 1. The summed E-state index contributed by atoms with van der Waals surface area (Å²) in [6.07, 6.45) is 5.37. The molecule has 0 bridgehead atoms. The maximum Gasteiger partial charge on any atom is 0.188 e. The molecule has 0 atom stereocenters. The molecule has 6 heteroatoms. The summed E-state index contributed by atoms with van der Waals surface area (Å²) in [7, 11) is 0. The topological polar surface area (TPSA) is 76.4 Å². The zero-order chi connectivity index (χ0) is 14.5. The summed E-state index contributed by atoms with van der Waals surface area (Å²) < 4.78 is 5.47. The quantitative estimate of drug-likeness (QED) is 0.450. The lowest BCUT2D eigenvalue weighted by Gasteiger charge is -2.25. The van der Waals surface area contributed by atoms with Crippen molar-refractivity contribution < 1.29 is 4.42 Å². The largest absolute Gasteiger partial charge is 0.443 e. The fraction of sp³-hybridized carbons (Fsp3) is 0.375. The van der Waals surface area contributed by atoms with Crippen molar-refractivity contribution in [1.82, 2.24) is 10.3 Å². The van der Waals surface area contributed by atoms with E-state index < -0.39 is 0 Å². The van der Waals surface area contributed by atoms with Crippen LogP contribution in [0.25, 0.3) is 11.3 Å². The first-order valence-electron chi connectivity index (χ1n) is 7.34. The molecule has 0 unspecified atom stereocenters. The third kappa shape index (κ3) is 4.22. The van der Waals surface area contributed by atoms with E-state index in [1.54, 1.807) is 0 Å². The summed E-state index contributed by atoms with van der Waals surface area (Å²) in [6, 6.07) is 9.90. The molecule has 5 nitrogen and oxygen atoms in total. The highest BCUT2D eigenvalue weighted by Gasteiger charge is 2.17. The Balaban J connectivity index is 0.00000176. The molecule has 3 N–H and O–H groups in total. The second-order valence-electron chi connectivity index (χ2n) is 5.37. The van der Waals surface area contributed by atoms with Crippen LogP contribution in [0.5, 0.6) is 0 Å². The third-order valence-electron chi connectivity index (χ3n) is 3.87. The fourth-order valence-electron chi connectivity index (χ4n) is 2.37. The SMILES string of the molecule is I.NC(=NCc1ncoc1-c1ccccc1)NCC1CCC1. The van der Waals surface area contributed by atoms with Crippen molar-refractivity contribution in [2.45, 2.75) is 25.8 Å². The van der Waals surface area contributed by atoms with Crippen LogP contribution in [0.3, 0.4) is 0 Å². The number of aromatic nitrogens is 1. The summed E-state index contributed by atoms with van der Waals surface area (Å²) in [5, 5.41) is 3.18. The summed E-state index contributed by atoms with van der Waals surface area (Å²) in [4.78, 5) is 8.57. The van der Waals surface area contributed by atoms with Gasteiger partial charge in [0, 0.05) is 12.1 Å². The molecule has 1 aromatic carbocycles. The molecule has 0 spiro atoms. The number of hydrogen-bond donors (Lipinski definition) is 2. The Hall–Kier alpha value is -1.57. The first-order valence-corrected chi connectivity index (χ1v) is 7.34. The Morgan fingerprint density at radius 3 is 2.77 bits per heavy atom. The van der Waals surface area contributed by atoms with Gasteiger partial charge in [0.05, 0.1) is 6.54 Å². The number of aliphatic imine (C=N–C) groups is 1. The molecular formula is C16H21IN4O. The van der Waals surface area contributed by atoms with Gasteiger partial charge >= 0.3 is 0 Å². The van der Waals surface area contributed by atoms with E-state index in [9.17, 15) is 0 Å². The number of halogens is 1. The lowest BCUT2D eigenvalue weighted by molar-refractivity contribution is 0.315. The molecule has 1 heterocycles. The van der Waals surface area contributed by atoms with Gasteiger partial charge in [-0.1, -0.05) is 36.8 Å². The minimum absolute atomic E-state index is 0. The van der Waals surface area contributed by atoms with Gasteiger partial charge in [-0.05, 0) is 18.8 Å². The Bertz CT molecular complexity index is 608. The number of oxazole rings is 1. The van der Waals surface area contributed by atoms with Crippen molar-refractivity contribution in [3.63, 3.8) is 0 Å². The molecule has 22 heavy (non-hydrogen) atoms. The van der Waals surface area contributed by atoms with Crippen LogP contribution < -0.4 is 11.1 Å². The van der Waals surface area contributed by atoms with Crippen LogP contribution in [0.2, 0.25) is 0 Å². The lowest BCUT2D eigenvalue weighted by Crippen LogP contribution is -2.37. The van der Waals surface area contributed by atoms with Crippen LogP contribution in [0, 0.1) is 5.92 Å². The third-order valence-corrected chi connectivity index (χ3v) is 3.87. The van der Waals surface area contributed by atoms with Crippen LogP contribution in [-0.2, 0) is 6.54 Å². The van der Waals surface area contributed by atoms with Crippen LogP contribution in [0.4, 0.5) is 0 Å². The Kier molecular flexibility index (Phi) is 6.23. The molecule has 0 aliphatic heterocycles. The van der Waals surface area contributed by atoms with E-state index in [0.29, 0.717) is 12.5 Å². The van der Waals surface area contributed by atoms with E-state index in [0.717, 1.165) is 29.5 Å². The molecular weight excluding hydrogens is 391 g/mol. The highest BCUT2D eigenvalue weighted by Crippen LogP contribution is 2.25. The molecule has 2 aromatic rings. The zero-order valence-electron chi connectivity index (χ0n) is 12.4. The van der Waals surface area contributed by atoms with E-state index in [2.05, 4.69) is 15.3 Å². The number of nitrogens with one attached hydrogen (secondary N) is 1. The Labute approximate surface area is 147 Å². The van der Waals surface area contributed by atoms with Gasteiger partial charge in [0.2, 0.25) is 0 Å². The fourth-order valence-corrected chi connectivity index (χ4v) is 2.37. The summed E-state index contributed by atoms with van der Waals surface area (Å²) in [5.74, 6) is 1.99. The molecule has 0 radical (unpaired) electrons. The standard InChI is InChI=1S/C16H20N4O.HI/c17-16(18-9-12-5-4-6-12)19-10-14-15(21-11-20-14)13-7-2-1-3-8-13;/h1-3,7-8,11-12H,4-6,9-10H2,(H3,17,18,19);1H. The molecule has 0 saturated heterocycles. The molecule has 1 aliphatic rings. The normalized spacial score (nSPS) is 15.0. The Morgan fingerprint density at radius 1 is 1.32 bits per heavy atom. The van der Waals surface area contributed by atoms with Gasteiger partial charge in [0.15, 0.2) is 18.1 Å². The molecule has 1 saturated carbocycles. The van der Waals surface area contributed by atoms with Crippen LogP contribution in [-0.4, -0.2) is 17.5 Å². The van der Waals surface area contributed by atoms with Crippen LogP contribution >= 0.6 is 24.0 Å². The van der Waals surface area contributed by atoms with Crippen molar-refractivity contribution in [2.24, 2.45) is 16.6 Å². The molecule has 3 rings (SSSR count). The summed E-state index contributed by atoms with van der Waals surface area (Å²) in [6.45, 7) is 1.34. The van der Waals surface area contributed by atoms with Crippen molar-refractivity contribution in [1.29, 1.82) is 0 Å². The smallest absolute Gasteiger partial charge is 0.188 e. The number of nitrogens with zero attached hydrogens (tertiary/aromatic N) is 2. The van der Waals surface area contributed by atoms with Gasteiger partial charge in [-0.25, -0.2) is 9.98 Å². The highest BCUT2D eigenvalue weighted by molar-refractivity contribution is 14.0. The predicted molar refractivity (Wildman–Crippen MR) is 98.0 cm³/mol. The van der Waals surface area contributed by atoms with Crippen LogP contribution in [0.15, 0.2) is 46.1 Å². The lowest BCUT2D eigenvalue weighted by atomic mass is 9.85. The zero-order valence-corrected chi connectivity index (χ0v) is 14.7. The second-order valence-corrected chi connectivity index (χ2v) is 5.37. The Morgan fingerprint density at radius 2 is 2.09 bits per heavy atom. The molecule has 118 valence electrons. The van der Waals surface area contributed by atoms with E-state index in [-0.39, 0.29) is 24.0 Å². The van der Waals surface area contributed by atoms with Crippen LogP contribution in [0.1, 0.15) is 25.0 Å². The van der Waals surface area contributed by atoms with E-state index >= 15 is 0 Å². The monoisotopic (exact) mass is 412 g/mol. The minimum Gasteiger partial charge on any atom is -0.443 e. The van der Waals surface area contributed by atoms with Gasteiger partial charge < -0.3 is 15.5 Å². The number of hydrogen-bond acceptors (Lipinski definition) is 3. The van der Waals surface area contributed by atoms with E-state index in [4.69, 9.17) is 10.2 Å². The average molecular weight is 412 g/mol. The van der Waals surface area contributed by atoms with Gasteiger partial charge in [0.1, 0.15) is 5.69 Å². The average Bonchev–Trinajstić information content (AvgIpc) is 2.93. The summed E-state index contributed by atoms with van der Waals surface area (Å²) >= 11 is 0. The van der Waals surface area contributed by atoms with Gasteiger partial charge in [-0.3, -0.25) is 0 Å². The van der Waals surface area contributed by atoms with Gasteiger partial charge in [0.25, 0.3) is 0 Å². The molecule has 1 aliphatic carbocycles. The number of nitrogens with two attached hydrogens (primary N) is 1. The van der Waals surface area contributed by atoms with Crippen molar-refractivity contribution in [3.05, 3.63) is 42.4 Å². The first-order chi connectivity index (χ1) is 10.3. The maximum absolute atomic E-state index is 5.89. The highest BCUT2D eigenvalue weighted by atomic mass is 127. The van der Waals surface area contributed by atoms with E-state index in [1.165, 1.54) is 25.7 Å². The second kappa shape index (κ2) is 8.17. The van der Waals surface area contributed by atoms with Gasteiger partial charge in [-0.15, -0.1) is 24.0 Å². The number of rotatable bonds is 5. The van der Waals surface area contributed by atoms with Crippen molar-refractivity contribution in [2.75, 3.05) is 6.54 Å². The molecule has 0 amide bonds. The summed E-state index contributed by atoms with van der Waals surface area (Å²) in [5.41, 5.74) is 7.69. The maximum atomic E-state index is 5.89. The van der Waals surface area contributed by atoms with E-state index in [1.807, 2.05) is 30.3 Å². The minimum atomic E-state index is 0. The predicted octanol–water partition coefficient (Wildman–Crippen LogP) is 3.16. The van der Waals surface area contributed by atoms with Crippen molar-refractivity contribution in [3.8, 4) is 11.3 Å². The first kappa shape index (κ1) is 16.8. The molecule has 1 aromatic heterocycles. The molecule has 1 fully saturated rings. The van der Waals surface area contributed by atoms with Crippen molar-refractivity contribution >= 4 is 29.9 Å². The van der Waals surface area contributed by atoms with Gasteiger partial charge in [-0.2, -0.15) is 0 Å². The number of guanidine groups is 1.